The van der Waals surface area contributed by atoms with E-state index in [1.54, 1.807) is 0 Å². The van der Waals surface area contributed by atoms with Crippen LogP contribution in [-0.2, 0) is 0 Å². The number of imidazole rings is 1. The van der Waals surface area contributed by atoms with Gasteiger partial charge in [0.15, 0.2) is 6.29 Å². The number of fused-ring (bicyclic) bond motifs is 1. The van der Waals surface area contributed by atoms with Crippen LogP contribution in [0.15, 0.2) is 18.3 Å². The Kier molecular flexibility index (Phi) is 2.28. The van der Waals surface area contributed by atoms with E-state index in [9.17, 15) is 4.79 Å². The van der Waals surface area contributed by atoms with E-state index in [0.717, 1.165) is 23.5 Å². The fourth-order valence-electron chi connectivity index (χ4n) is 2.31. The van der Waals surface area contributed by atoms with Crippen LogP contribution in [-0.4, -0.2) is 15.7 Å². The zero-order valence-corrected chi connectivity index (χ0v) is 10.2. The summed E-state index contributed by atoms with van der Waals surface area (Å²) in [5.41, 5.74) is 3.85. The maximum atomic E-state index is 11.2. The Morgan fingerprint density at radius 3 is 2.82 bits per heavy atom. The Labute approximate surface area is 100 Å². The summed E-state index contributed by atoms with van der Waals surface area (Å²) >= 11 is 0. The van der Waals surface area contributed by atoms with E-state index in [-0.39, 0.29) is 5.92 Å². The van der Waals surface area contributed by atoms with Gasteiger partial charge in [-0.2, -0.15) is 0 Å². The van der Waals surface area contributed by atoms with Crippen molar-refractivity contribution < 1.29 is 4.79 Å². The first-order valence-corrected chi connectivity index (χ1v) is 6.17. The molecule has 0 amide bonds. The van der Waals surface area contributed by atoms with Gasteiger partial charge in [-0.25, -0.2) is 4.98 Å². The molecule has 0 bridgehead atoms. The third kappa shape index (κ3) is 1.66. The molecule has 1 fully saturated rings. The Balaban J connectivity index is 2.20. The number of nitrogens with zero attached hydrogens (tertiary/aromatic N) is 2. The third-order valence-electron chi connectivity index (χ3n) is 3.42. The molecule has 1 saturated carbocycles. The van der Waals surface area contributed by atoms with Crippen molar-refractivity contribution in [2.24, 2.45) is 0 Å². The Hall–Kier alpha value is -1.64. The van der Waals surface area contributed by atoms with Crippen LogP contribution in [0.1, 0.15) is 60.3 Å². The summed E-state index contributed by atoms with van der Waals surface area (Å²) < 4.78 is 1.90. The maximum absolute atomic E-state index is 11.2. The molecule has 2 heterocycles. The summed E-state index contributed by atoms with van der Waals surface area (Å²) in [5.74, 6) is 0.998. The van der Waals surface area contributed by atoms with Crippen molar-refractivity contribution in [1.29, 1.82) is 0 Å². The van der Waals surface area contributed by atoms with E-state index in [1.807, 2.05) is 10.6 Å². The minimum absolute atomic E-state index is 0.277. The molecule has 3 heteroatoms. The average molecular weight is 228 g/mol. The molecule has 88 valence electrons. The normalized spacial score (nSPS) is 15.7. The van der Waals surface area contributed by atoms with Gasteiger partial charge in [-0.05, 0) is 42.4 Å². The fourth-order valence-corrected chi connectivity index (χ4v) is 2.31. The number of aldehydes is 1. The van der Waals surface area contributed by atoms with Gasteiger partial charge >= 0.3 is 0 Å². The van der Waals surface area contributed by atoms with Gasteiger partial charge in [-0.1, -0.05) is 13.8 Å². The predicted octanol–water partition coefficient (Wildman–Crippen LogP) is 3.15. The van der Waals surface area contributed by atoms with Crippen LogP contribution in [0.25, 0.3) is 5.65 Å². The first-order chi connectivity index (χ1) is 8.20. The number of aromatic nitrogens is 2. The van der Waals surface area contributed by atoms with Crippen LogP contribution < -0.4 is 0 Å². The number of carbonyl (C=O) groups is 1. The molecule has 17 heavy (non-hydrogen) atoms. The molecular weight excluding hydrogens is 212 g/mol. The van der Waals surface area contributed by atoms with Crippen molar-refractivity contribution in [2.45, 2.75) is 38.5 Å². The molecule has 0 aliphatic heterocycles. The average Bonchev–Trinajstić information content (AvgIpc) is 3.09. The van der Waals surface area contributed by atoms with Crippen LogP contribution in [0.2, 0.25) is 0 Å². The molecule has 1 aliphatic carbocycles. The smallest absolute Gasteiger partial charge is 0.168 e. The SMILES string of the molecule is CC(C)c1nc2cc(C3CC3)ccn2c1C=O. The molecule has 0 atom stereocenters. The minimum Gasteiger partial charge on any atom is -0.297 e. The molecule has 0 aromatic carbocycles. The van der Waals surface area contributed by atoms with E-state index in [2.05, 4.69) is 31.0 Å². The molecule has 0 saturated heterocycles. The lowest BCUT2D eigenvalue weighted by Gasteiger charge is -2.01. The molecule has 2 aromatic heterocycles. The van der Waals surface area contributed by atoms with Crippen molar-refractivity contribution >= 4 is 11.9 Å². The summed E-state index contributed by atoms with van der Waals surface area (Å²) in [6.45, 7) is 4.13. The lowest BCUT2D eigenvalue weighted by atomic mass is 10.1. The van der Waals surface area contributed by atoms with E-state index in [1.165, 1.54) is 18.4 Å². The molecule has 0 unspecified atom stereocenters. The highest BCUT2D eigenvalue weighted by molar-refractivity contribution is 5.77. The van der Waals surface area contributed by atoms with E-state index in [4.69, 9.17) is 0 Å². The number of pyridine rings is 1. The van der Waals surface area contributed by atoms with E-state index in [0.29, 0.717) is 5.69 Å². The zero-order chi connectivity index (χ0) is 12.0. The molecule has 3 rings (SSSR count). The van der Waals surface area contributed by atoms with Crippen LogP contribution in [0.4, 0.5) is 0 Å². The summed E-state index contributed by atoms with van der Waals surface area (Å²) in [5, 5.41) is 0. The van der Waals surface area contributed by atoms with Crippen molar-refractivity contribution in [2.75, 3.05) is 0 Å². The molecule has 2 aromatic rings. The molecule has 0 radical (unpaired) electrons. The van der Waals surface area contributed by atoms with Gasteiger partial charge in [-0.3, -0.25) is 9.20 Å². The first-order valence-electron chi connectivity index (χ1n) is 6.17. The summed E-state index contributed by atoms with van der Waals surface area (Å²) in [7, 11) is 0. The van der Waals surface area contributed by atoms with Crippen molar-refractivity contribution in [3.05, 3.63) is 35.3 Å². The number of hydrogen-bond acceptors (Lipinski definition) is 2. The summed E-state index contributed by atoms with van der Waals surface area (Å²) in [4.78, 5) is 15.8. The van der Waals surface area contributed by atoms with Crippen molar-refractivity contribution in [3.63, 3.8) is 0 Å². The van der Waals surface area contributed by atoms with Gasteiger partial charge in [0, 0.05) is 6.20 Å². The zero-order valence-electron chi connectivity index (χ0n) is 10.2. The second-order valence-electron chi connectivity index (χ2n) is 5.12. The second kappa shape index (κ2) is 3.69. The second-order valence-corrected chi connectivity index (χ2v) is 5.12. The lowest BCUT2D eigenvalue weighted by molar-refractivity contribution is 0.111. The Morgan fingerprint density at radius 2 is 2.24 bits per heavy atom. The van der Waals surface area contributed by atoms with Gasteiger partial charge in [0.25, 0.3) is 0 Å². The summed E-state index contributed by atoms with van der Waals surface area (Å²) in [6.07, 6.45) is 5.46. The van der Waals surface area contributed by atoms with Gasteiger partial charge < -0.3 is 0 Å². The van der Waals surface area contributed by atoms with E-state index >= 15 is 0 Å². The van der Waals surface area contributed by atoms with Gasteiger partial charge in [0.2, 0.25) is 0 Å². The molecular formula is C14H16N2O. The lowest BCUT2D eigenvalue weighted by Crippen LogP contribution is -1.96. The number of hydrogen-bond donors (Lipinski definition) is 0. The van der Waals surface area contributed by atoms with Crippen LogP contribution in [0, 0.1) is 0 Å². The van der Waals surface area contributed by atoms with Crippen LogP contribution >= 0.6 is 0 Å². The molecule has 0 N–H and O–H groups in total. The number of carbonyl (C=O) groups excluding carboxylic acids is 1. The predicted molar refractivity (Wildman–Crippen MR) is 66.6 cm³/mol. The van der Waals surface area contributed by atoms with Gasteiger partial charge in [0.05, 0.1) is 5.69 Å². The highest BCUT2D eigenvalue weighted by atomic mass is 16.1. The molecule has 1 aliphatic rings. The highest BCUT2D eigenvalue weighted by Crippen LogP contribution is 2.40. The number of rotatable bonds is 3. The first kappa shape index (κ1) is 10.5. The fraction of sp³-hybridized carbons (Fsp3) is 0.429. The maximum Gasteiger partial charge on any atom is 0.168 e. The van der Waals surface area contributed by atoms with E-state index < -0.39 is 0 Å². The molecule has 0 spiro atoms. The standard InChI is InChI=1S/C14H16N2O/c1-9(2)14-12(8-17)16-6-5-11(10-3-4-10)7-13(16)15-14/h5-10H,3-4H2,1-2H3. The van der Waals surface area contributed by atoms with Crippen LogP contribution in [0.3, 0.4) is 0 Å². The highest BCUT2D eigenvalue weighted by Gasteiger charge is 2.24. The van der Waals surface area contributed by atoms with Gasteiger partial charge in [-0.15, -0.1) is 0 Å². The third-order valence-corrected chi connectivity index (χ3v) is 3.42. The minimum atomic E-state index is 0.277. The quantitative estimate of drug-likeness (QED) is 0.756. The molecule has 3 nitrogen and oxygen atoms in total. The van der Waals surface area contributed by atoms with Crippen LogP contribution in [0.5, 0.6) is 0 Å². The topological polar surface area (TPSA) is 34.4 Å². The Bertz CT molecular complexity index is 579. The van der Waals surface area contributed by atoms with Crippen molar-refractivity contribution in [3.8, 4) is 0 Å². The Morgan fingerprint density at radius 1 is 1.47 bits per heavy atom. The monoisotopic (exact) mass is 228 g/mol. The van der Waals surface area contributed by atoms with Gasteiger partial charge in [0.1, 0.15) is 11.3 Å². The summed E-state index contributed by atoms with van der Waals surface area (Å²) in [6, 6.07) is 4.24. The largest absolute Gasteiger partial charge is 0.297 e. The van der Waals surface area contributed by atoms with Crippen molar-refractivity contribution in [1.82, 2.24) is 9.38 Å².